The second-order valence-electron chi connectivity index (χ2n) is 5.79. The number of rotatable bonds is 5. The van der Waals surface area contributed by atoms with Crippen LogP contribution in [-0.4, -0.2) is 76.1 Å². The van der Waals surface area contributed by atoms with Crippen LogP contribution in [0.2, 0.25) is 0 Å². The number of benzene rings is 1. The topological polar surface area (TPSA) is 85.4 Å². The molecule has 0 radical (unpaired) electrons. The molecule has 0 aromatic heterocycles. The highest BCUT2D eigenvalue weighted by Gasteiger charge is 2.30. The van der Waals surface area contributed by atoms with Crippen LogP contribution >= 0.6 is 0 Å². The van der Waals surface area contributed by atoms with E-state index in [1.807, 2.05) is 4.90 Å². The van der Waals surface area contributed by atoms with E-state index in [0.717, 1.165) is 0 Å². The van der Waals surface area contributed by atoms with Crippen molar-refractivity contribution in [1.29, 1.82) is 0 Å². The summed E-state index contributed by atoms with van der Waals surface area (Å²) in [5.74, 6) is 0.725. The minimum Gasteiger partial charge on any atom is -0.486 e. The molecule has 1 fully saturated rings. The molecule has 0 N–H and O–H groups in total. The Kier molecular flexibility index (Phi) is 5.45. The first-order valence-corrected chi connectivity index (χ1v) is 9.72. The Morgan fingerprint density at radius 2 is 1.80 bits per heavy atom. The number of sulfonamides is 1. The first-order chi connectivity index (χ1) is 12.0. The number of ether oxygens (including phenoxy) is 3. The van der Waals surface area contributed by atoms with Gasteiger partial charge in [0.05, 0.1) is 18.0 Å². The molecule has 138 valence electrons. The molecular formula is C16H22N2O6S. The van der Waals surface area contributed by atoms with Crippen molar-refractivity contribution in [2.75, 3.05) is 52.5 Å². The Morgan fingerprint density at radius 3 is 2.48 bits per heavy atom. The summed E-state index contributed by atoms with van der Waals surface area (Å²) in [6, 6.07) is 4.67. The molecule has 0 spiro atoms. The summed E-state index contributed by atoms with van der Waals surface area (Å²) >= 11 is 0. The zero-order valence-electron chi connectivity index (χ0n) is 14.1. The SMILES string of the molecule is CCOC(=O)CN1CCN(S(=O)(=O)c2ccc3c(c2)OCCO3)CC1. The number of carbonyl (C=O) groups excluding carboxylic acids is 1. The standard InChI is InChI=1S/C16H22N2O6S/c1-2-22-16(19)12-17-5-7-18(8-6-17)25(20,21)13-3-4-14-15(11-13)24-10-9-23-14/h3-4,11H,2,5-10,12H2,1H3. The van der Waals surface area contributed by atoms with Crippen LogP contribution in [0.1, 0.15) is 6.92 Å². The van der Waals surface area contributed by atoms with E-state index in [0.29, 0.717) is 57.5 Å². The Balaban J connectivity index is 1.65. The van der Waals surface area contributed by atoms with E-state index < -0.39 is 10.0 Å². The van der Waals surface area contributed by atoms with Gasteiger partial charge >= 0.3 is 5.97 Å². The lowest BCUT2D eigenvalue weighted by atomic mass is 10.3. The molecule has 0 bridgehead atoms. The second kappa shape index (κ2) is 7.59. The minimum atomic E-state index is -3.60. The number of hydrogen-bond donors (Lipinski definition) is 0. The van der Waals surface area contributed by atoms with Gasteiger partial charge in [-0.3, -0.25) is 9.69 Å². The van der Waals surface area contributed by atoms with E-state index in [1.165, 1.54) is 16.4 Å². The molecule has 2 heterocycles. The van der Waals surface area contributed by atoms with Gasteiger partial charge in [-0.05, 0) is 19.1 Å². The predicted octanol–water partition coefficient (Wildman–Crippen LogP) is 0.327. The lowest BCUT2D eigenvalue weighted by Crippen LogP contribution is -2.49. The van der Waals surface area contributed by atoms with Crippen LogP contribution in [0.5, 0.6) is 11.5 Å². The summed E-state index contributed by atoms with van der Waals surface area (Å²) in [6.45, 7) is 4.79. The van der Waals surface area contributed by atoms with E-state index in [2.05, 4.69) is 0 Å². The van der Waals surface area contributed by atoms with Crippen molar-refractivity contribution in [2.24, 2.45) is 0 Å². The van der Waals surface area contributed by atoms with Gasteiger partial charge in [0.2, 0.25) is 10.0 Å². The fourth-order valence-corrected chi connectivity index (χ4v) is 4.29. The average Bonchev–Trinajstić information content (AvgIpc) is 2.62. The number of piperazine rings is 1. The van der Waals surface area contributed by atoms with Crippen molar-refractivity contribution in [3.05, 3.63) is 18.2 Å². The van der Waals surface area contributed by atoms with Gasteiger partial charge in [-0.2, -0.15) is 4.31 Å². The molecule has 9 heteroatoms. The molecule has 2 aliphatic heterocycles. The summed E-state index contributed by atoms with van der Waals surface area (Å²) in [4.78, 5) is 13.6. The van der Waals surface area contributed by atoms with Gasteiger partial charge in [0.1, 0.15) is 13.2 Å². The van der Waals surface area contributed by atoms with E-state index in [-0.39, 0.29) is 17.4 Å². The van der Waals surface area contributed by atoms with Crippen LogP contribution < -0.4 is 9.47 Å². The molecule has 0 aliphatic carbocycles. The Hall–Kier alpha value is -1.84. The maximum absolute atomic E-state index is 12.8. The first kappa shape index (κ1) is 18.0. The van der Waals surface area contributed by atoms with Crippen LogP contribution in [0.15, 0.2) is 23.1 Å². The van der Waals surface area contributed by atoms with Crippen molar-refractivity contribution in [2.45, 2.75) is 11.8 Å². The van der Waals surface area contributed by atoms with Crippen LogP contribution in [0, 0.1) is 0 Å². The van der Waals surface area contributed by atoms with Crippen molar-refractivity contribution in [1.82, 2.24) is 9.21 Å². The van der Waals surface area contributed by atoms with Gasteiger partial charge in [-0.1, -0.05) is 0 Å². The fraction of sp³-hybridized carbons (Fsp3) is 0.562. The lowest BCUT2D eigenvalue weighted by molar-refractivity contribution is -0.144. The van der Waals surface area contributed by atoms with E-state index >= 15 is 0 Å². The van der Waals surface area contributed by atoms with Gasteiger partial charge in [0.25, 0.3) is 0 Å². The van der Waals surface area contributed by atoms with Gasteiger partial charge in [-0.25, -0.2) is 8.42 Å². The highest BCUT2D eigenvalue weighted by Crippen LogP contribution is 2.33. The third kappa shape index (κ3) is 4.05. The second-order valence-corrected chi connectivity index (χ2v) is 7.73. The Labute approximate surface area is 147 Å². The fourth-order valence-electron chi connectivity index (χ4n) is 2.85. The maximum Gasteiger partial charge on any atom is 0.320 e. The smallest absolute Gasteiger partial charge is 0.320 e. The molecule has 1 saturated heterocycles. The summed E-state index contributed by atoms with van der Waals surface area (Å²) in [5.41, 5.74) is 0. The van der Waals surface area contributed by atoms with Gasteiger partial charge in [0, 0.05) is 32.2 Å². The molecule has 0 amide bonds. The maximum atomic E-state index is 12.8. The first-order valence-electron chi connectivity index (χ1n) is 8.28. The summed E-state index contributed by atoms with van der Waals surface area (Å²) in [6.07, 6.45) is 0. The molecule has 25 heavy (non-hydrogen) atoms. The Bertz CT molecular complexity index is 728. The van der Waals surface area contributed by atoms with E-state index in [1.54, 1.807) is 13.0 Å². The quantitative estimate of drug-likeness (QED) is 0.691. The average molecular weight is 370 g/mol. The van der Waals surface area contributed by atoms with E-state index in [9.17, 15) is 13.2 Å². The molecular weight excluding hydrogens is 348 g/mol. The van der Waals surface area contributed by atoms with Gasteiger partial charge < -0.3 is 14.2 Å². The van der Waals surface area contributed by atoms with Crippen LogP contribution in [-0.2, 0) is 19.6 Å². The third-order valence-electron chi connectivity index (χ3n) is 4.14. The predicted molar refractivity (Wildman–Crippen MR) is 89.3 cm³/mol. The molecule has 0 unspecified atom stereocenters. The molecule has 0 saturated carbocycles. The van der Waals surface area contributed by atoms with Crippen LogP contribution in [0.3, 0.4) is 0 Å². The number of esters is 1. The molecule has 8 nitrogen and oxygen atoms in total. The normalized spacial score (nSPS) is 18.8. The molecule has 1 aromatic rings. The number of hydrogen-bond acceptors (Lipinski definition) is 7. The zero-order valence-corrected chi connectivity index (χ0v) is 15.0. The zero-order chi connectivity index (χ0) is 17.9. The van der Waals surface area contributed by atoms with Crippen molar-refractivity contribution < 1.29 is 27.4 Å². The minimum absolute atomic E-state index is 0.186. The van der Waals surface area contributed by atoms with Gasteiger partial charge in [0.15, 0.2) is 11.5 Å². The summed E-state index contributed by atoms with van der Waals surface area (Å²) in [5, 5.41) is 0. The van der Waals surface area contributed by atoms with Crippen LogP contribution in [0.4, 0.5) is 0 Å². The molecule has 0 atom stereocenters. The van der Waals surface area contributed by atoms with Crippen molar-refractivity contribution in [3.8, 4) is 11.5 Å². The summed E-state index contributed by atoms with van der Waals surface area (Å²) in [7, 11) is -3.60. The highest BCUT2D eigenvalue weighted by molar-refractivity contribution is 7.89. The Morgan fingerprint density at radius 1 is 1.12 bits per heavy atom. The summed E-state index contributed by atoms with van der Waals surface area (Å²) < 4.78 is 42.9. The largest absolute Gasteiger partial charge is 0.486 e. The van der Waals surface area contributed by atoms with Crippen LogP contribution in [0.25, 0.3) is 0 Å². The number of carbonyl (C=O) groups is 1. The monoisotopic (exact) mass is 370 g/mol. The molecule has 2 aliphatic rings. The highest BCUT2D eigenvalue weighted by atomic mass is 32.2. The van der Waals surface area contributed by atoms with Gasteiger partial charge in [-0.15, -0.1) is 0 Å². The van der Waals surface area contributed by atoms with Crippen molar-refractivity contribution >= 4 is 16.0 Å². The third-order valence-corrected chi connectivity index (χ3v) is 6.04. The number of nitrogens with zero attached hydrogens (tertiary/aromatic N) is 2. The van der Waals surface area contributed by atoms with Crippen molar-refractivity contribution in [3.63, 3.8) is 0 Å². The lowest BCUT2D eigenvalue weighted by Gasteiger charge is -2.33. The molecule has 3 rings (SSSR count). The van der Waals surface area contributed by atoms with E-state index in [4.69, 9.17) is 14.2 Å². The molecule has 1 aromatic carbocycles. The number of fused-ring (bicyclic) bond motifs is 1.